The summed E-state index contributed by atoms with van der Waals surface area (Å²) >= 11 is 7.44. The van der Waals surface area contributed by atoms with Gasteiger partial charge in [-0.3, -0.25) is 9.36 Å². The number of thioether (sulfide) groups is 1. The van der Waals surface area contributed by atoms with Gasteiger partial charge < -0.3 is 5.32 Å². The van der Waals surface area contributed by atoms with Crippen molar-refractivity contribution in [2.75, 3.05) is 6.26 Å². The molecule has 10 heteroatoms. The van der Waals surface area contributed by atoms with Gasteiger partial charge in [0.1, 0.15) is 5.82 Å². The van der Waals surface area contributed by atoms with Crippen molar-refractivity contribution in [3.8, 4) is 0 Å². The van der Waals surface area contributed by atoms with Gasteiger partial charge in [0.25, 0.3) is 5.91 Å². The molecule has 3 heterocycles. The minimum absolute atomic E-state index is 0.0638. The van der Waals surface area contributed by atoms with E-state index in [1.165, 1.54) is 18.0 Å². The Hall–Kier alpha value is -1.87. The van der Waals surface area contributed by atoms with Crippen molar-refractivity contribution < 1.29 is 4.79 Å². The number of rotatable bonds is 6. The largest absolute Gasteiger partial charge is 0.348 e. The van der Waals surface area contributed by atoms with E-state index in [4.69, 9.17) is 11.6 Å². The van der Waals surface area contributed by atoms with Crippen LogP contribution < -0.4 is 11.0 Å². The Balaban J connectivity index is 1.66. The Kier molecular flexibility index (Phi) is 6.77. The molecule has 1 atom stereocenters. The van der Waals surface area contributed by atoms with E-state index < -0.39 is 0 Å². The molecule has 0 fully saturated rings. The van der Waals surface area contributed by atoms with Gasteiger partial charge in [-0.1, -0.05) is 37.2 Å². The second-order valence-electron chi connectivity index (χ2n) is 7.31. The smallest absolute Gasteiger partial charge is 0.345 e. The SMILES string of the molecule is CSc1ncc(Cl)c(C(=O)NC2CCc3nn(CCC(C)C)c(=O)n3CC2)n1. The highest BCUT2D eigenvalue weighted by molar-refractivity contribution is 7.98. The third kappa shape index (κ3) is 4.75. The van der Waals surface area contributed by atoms with Crippen molar-refractivity contribution >= 4 is 29.3 Å². The van der Waals surface area contributed by atoms with Gasteiger partial charge >= 0.3 is 5.69 Å². The Bertz CT molecular complexity index is 910. The molecule has 0 bridgehead atoms. The first-order valence-electron chi connectivity index (χ1n) is 9.43. The lowest BCUT2D eigenvalue weighted by Crippen LogP contribution is -2.36. The van der Waals surface area contributed by atoms with Crippen LogP contribution in [0.25, 0.3) is 0 Å². The summed E-state index contributed by atoms with van der Waals surface area (Å²) in [7, 11) is 0. The summed E-state index contributed by atoms with van der Waals surface area (Å²) in [4.78, 5) is 33.5. The lowest BCUT2D eigenvalue weighted by atomic mass is 10.1. The molecule has 0 aromatic carbocycles. The van der Waals surface area contributed by atoms with E-state index in [-0.39, 0.29) is 28.4 Å². The lowest BCUT2D eigenvalue weighted by molar-refractivity contribution is 0.0927. The summed E-state index contributed by atoms with van der Waals surface area (Å²) in [5.41, 5.74) is 0.116. The highest BCUT2D eigenvalue weighted by atomic mass is 35.5. The van der Waals surface area contributed by atoms with Crippen LogP contribution in [0.15, 0.2) is 16.1 Å². The fourth-order valence-electron chi connectivity index (χ4n) is 3.16. The van der Waals surface area contributed by atoms with E-state index in [1.54, 1.807) is 9.25 Å². The predicted molar refractivity (Wildman–Crippen MR) is 109 cm³/mol. The zero-order valence-corrected chi connectivity index (χ0v) is 17.9. The fourth-order valence-corrected chi connectivity index (χ4v) is 3.68. The number of nitrogens with zero attached hydrogens (tertiary/aromatic N) is 5. The summed E-state index contributed by atoms with van der Waals surface area (Å²) in [6.07, 6.45) is 6.22. The first kappa shape index (κ1) is 20.9. The van der Waals surface area contributed by atoms with Crippen LogP contribution in [0, 0.1) is 5.92 Å². The van der Waals surface area contributed by atoms with Gasteiger partial charge in [0.05, 0.1) is 11.2 Å². The first-order chi connectivity index (χ1) is 13.4. The zero-order valence-electron chi connectivity index (χ0n) is 16.3. The van der Waals surface area contributed by atoms with Crippen LogP contribution in [-0.4, -0.2) is 42.5 Å². The van der Waals surface area contributed by atoms with Gasteiger partial charge in [0.2, 0.25) is 0 Å². The van der Waals surface area contributed by atoms with Gasteiger partial charge in [-0.05, 0) is 31.4 Å². The van der Waals surface area contributed by atoms with Gasteiger partial charge in [-0.2, -0.15) is 5.10 Å². The molecule has 28 heavy (non-hydrogen) atoms. The molecule has 0 spiro atoms. The number of halogens is 1. The average molecular weight is 425 g/mol. The average Bonchev–Trinajstić information content (AvgIpc) is 2.83. The van der Waals surface area contributed by atoms with E-state index in [0.717, 1.165) is 12.2 Å². The number of carbonyl (C=O) groups is 1. The maximum Gasteiger partial charge on any atom is 0.345 e. The fraction of sp³-hybridized carbons (Fsp3) is 0.611. The van der Waals surface area contributed by atoms with Gasteiger partial charge in [-0.15, -0.1) is 0 Å². The van der Waals surface area contributed by atoms with E-state index in [0.29, 0.717) is 43.4 Å². The van der Waals surface area contributed by atoms with Crippen LogP contribution >= 0.6 is 23.4 Å². The number of aromatic nitrogens is 5. The van der Waals surface area contributed by atoms with E-state index in [1.807, 2.05) is 6.26 Å². The quantitative estimate of drug-likeness (QED) is 0.565. The Morgan fingerprint density at radius 1 is 1.43 bits per heavy atom. The molecule has 0 saturated carbocycles. The van der Waals surface area contributed by atoms with Crippen molar-refractivity contribution in [3.05, 3.63) is 33.2 Å². The maximum atomic E-state index is 12.6. The molecule has 8 nitrogen and oxygen atoms in total. The third-order valence-corrected chi connectivity index (χ3v) is 5.63. The molecule has 152 valence electrons. The molecular formula is C18H25ClN6O2S. The molecule has 1 amide bonds. The molecular weight excluding hydrogens is 400 g/mol. The molecule has 2 aromatic heterocycles. The van der Waals surface area contributed by atoms with Crippen LogP contribution in [0.3, 0.4) is 0 Å². The van der Waals surface area contributed by atoms with Crippen molar-refractivity contribution in [3.63, 3.8) is 0 Å². The Morgan fingerprint density at radius 2 is 2.21 bits per heavy atom. The Labute approximate surface area is 173 Å². The molecule has 1 unspecified atom stereocenters. The predicted octanol–water partition coefficient (Wildman–Crippen LogP) is 2.39. The second-order valence-corrected chi connectivity index (χ2v) is 8.49. The Morgan fingerprint density at radius 3 is 2.93 bits per heavy atom. The van der Waals surface area contributed by atoms with Gasteiger partial charge in [0.15, 0.2) is 10.9 Å². The number of amides is 1. The second kappa shape index (κ2) is 9.09. The van der Waals surface area contributed by atoms with Crippen molar-refractivity contribution in [1.82, 2.24) is 29.6 Å². The van der Waals surface area contributed by atoms with Crippen molar-refractivity contribution in [2.45, 2.75) is 63.8 Å². The number of fused-ring (bicyclic) bond motifs is 1. The normalized spacial score (nSPS) is 16.7. The van der Waals surface area contributed by atoms with Crippen LogP contribution in [-0.2, 0) is 19.5 Å². The standard InChI is InChI=1S/C18H25ClN6O2S/c1-11(2)6-9-25-18(27)24-8-7-12(4-5-14(24)23-25)21-16(26)15-13(19)10-20-17(22-15)28-3/h10-12H,4-9H2,1-3H3,(H,21,26). The summed E-state index contributed by atoms with van der Waals surface area (Å²) in [6, 6.07) is -0.0681. The number of aryl methyl sites for hydroxylation is 2. The molecule has 1 aliphatic heterocycles. The van der Waals surface area contributed by atoms with E-state index >= 15 is 0 Å². The highest BCUT2D eigenvalue weighted by Crippen LogP contribution is 2.18. The number of carbonyl (C=O) groups excluding carboxylic acids is 1. The number of hydrogen-bond donors (Lipinski definition) is 1. The third-order valence-electron chi connectivity index (χ3n) is 4.79. The number of hydrogen-bond acceptors (Lipinski definition) is 6. The monoisotopic (exact) mass is 424 g/mol. The molecule has 2 aromatic rings. The van der Waals surface area contributed by atoms with Crippen molar-refractivity contribution in [1.29, 1.82) is 0 Å². The molecule has 0 saturated heterocycles. The summed E-state index contributed by atoms with van der Waals surface area (Å²) in [5.74, 6) is 0.991. The highest BCUT2D eigenvalue weighted by Gasteiger charge is 2.24. The van der Waals surface area contributed by atoms with Crippen molar-refractivity contribution in [2.24, 2.45) is 5.92 Å². The zero-order chi connectivity index (χ0) is 20.3. The van der Waals surface area contributed by atoms with E-state index in [9.17, 15) is 9.59 Å². The summed E-state index contributed by atoms with van der Waals surface area (Å²) in [5, 5.41) is 8.22. The molecule has 3 rings (SSSR count). The van der Waals surface area contributed by atoms with Gasteiger partial charge in [0, 0.05) is 25.6 Å². The van der Waals surface area contributed by atoms with Crippen LogP contribution in [0.2, 0.25) is 5.02 Å². The molecule has 1 aliphatic rings. The molecule has 1 N–H and O–H groups in total. The minimum Gasteiger partial charge on any atom is -0.348 e. The van der Waals surface area contributed by atoms with Crippen LogP contribution in [0.1, 0.15) is 49.4 Å². The lowest BCUT2D eigenvalue weighted by Gasteiger charge is -2.16. The molecule has 0 radical (unpaired) electrons. The minimum atomic E-state index is -0.318. The van der Waals surface area contributed by atoms with Crippen LogP contribution in [0.5, 0.6) is 0 Å². The first-order valence-corrected chi connectivity index (χ1v) is 11.0. The summed E-state index contributed by atoms with van der Waals surface area (Å²) < 4.78 is 3.30. The molecule has 0 aliphatic carbocycles. The number of nitrogens with one attached hydrogen (secondary N) is 1. The van der Waals surface area contributed by atoms with Crippen LogP contribution in [0.4, 0.5) is 0 Å². The topological polar surface area (TPSA) is 94.7 Å². The van der Waals surface area contributed by atoms with Gasteiger partial charge in [-0.25, -0.2) is 19.4 Å². The maximum absolute atomic E-state index is 12.6. The van der Waals surface area contributed by atoms with E-state index in [2.05, 4.69) is 34.2 Å². The summed E-state index contributed by atoms with van der Waals surface area (Å²) in [6.45, 7) is 5.44.